The predicted octanol–water partition coefficient (Wildman–Crippen LogP) is 2.13. The Bertz CT molecular complexity index is 836. The summed E-state index contributed by atoms with van der Waals surface area (Å²) in [6.07, 6.45) is 1.79. The molecule has 0 fully saturated rings. The van der Waals surface area contributed by atoms with E-state index in [1.807, 2.05) is 30.3 Å². The molecule has 5 heteroatoms. The lowest BCUT2D eigenvalue weighted by Gasteiger charge is -2.23. The zero-order chi connectivity index (χ0) is 17.1. The Morgan fingerprint density at radius 3 is 2.62 bits per heavy atom. The summed E-state index contributed by atoms with van der Waals surface area (Å²) in [6, 6.07) is 11.1. The predicted molar refractivity (Wildman–Crippen MR) is 89.2 cm³/mol. The molecule has 0 unspecified atom stereocenters. The molecule has 0 aliphatic heterocycles. The van der Waals surface area contributed by atoms with Crippen LogP contribution in [-0.4, -0.2) is 23.4 Å². The normalized spacial score (nSPS) is 13.5. The molecule has 1 aromatic heterocycles. The summed E-state index contributed by atoms with van der Waals surface area (Å²) in [5.41, 5.74) is 2.56. The fourth-order valence-electron chi connectivity index (χ4n) is 3.20. The molecule has 2 aromatic rings. The zero-order valence-electron chi connectivity index (χ0n) is 13.6. The van der Waals surface area contributed by atoms with Crippen molar-refractivity contribution in [3.63, 3.8) is 0 Å². The first-order valence-electron chi connectivity index (χ1n) is 7.99. The number of hydrogen-bond donors (Lipinski definition) is 0. The van der Waals surface area contributed by atoms with E-state index in [0.717, 1.165) is 17.7 Å². The van der Waals surface area contributed by atoms with Crippen molar-refractivity contribution in [3.05, 3.63) is 69.1 Å². The summed E-state index contributed by atoms with van der Waals surface area (Å²) in [6.45, 7) is 0.424. The molecule has 0 amide bonds. The van der Waals surface area contributed by atoms with Gasteiger partial charge in [-0.1, -0.05) is 30.3 Å². The Balaban J connectivity index is 2.11. The number of esters is 1. The quantitative estimate of drug-likeness (QED) is 0.808. The van der Waals surface area contributed by atoms with Gasteiger partial charge in [-0.15, -0.1) is 0 Å². The number of benzene rings is 1. The van der Waals surface area contributed by atoms with Gasteiger partial charge in [0.1, 0.15) is 0 Å². The lowest BCUT2D eigenvalue weighted by Crippen LogP contribution is -2.31. The maximum absolute atomic E-state index is 12.6. The smallest absolute Gasteiger partial charge is 0.310 e. The largest absolute Gasteiger partial charge is 0.469 e. The number of fused-ring (bicyclic) bond motifs is 1. The van der Waals surface area contributed by atoms with Crippen molar-refractivity contribution < 1.29 is 14.3 Å². The Labute approximate surface area is 139 Å². The summed E-state index contributed by atoms with van der Waals surface area (Å²) in [4.78, 5) is 36.6. The van der Waals surface area contributed by atoms with Gasteiger partial charge in [0.25, 0.3) is 5.56 Å². The number of rotatable bonds is 4. The summed E-state index contributed by atoms with van der Waals surface area (Å²) < 4.78 is 6.34. The summed E-state index contributed by atoms with van der Waals surface area (Å²) in [5.74, 6) is -0.451. The van der Waals surface area contributed by atoms with Crippen LogP contribution in [0.25, 0.3) is 0 Å². The SMILES string of the molecule is COC(=O)Cc1cc(=O)n(Cc2ccccc2)c2c1C(=O)CCC2. The van der Waals surface area contributed by atoms with Crippen LogP contribution in [0.15, 0.2) is 41.2 Å². The highest BCUT2D eigenvalue weighted by molar-refractivity contribution is 6.00. The number of carbonyl (C=O) groups is 2. The first-order valence-corrected chi connectivity index (χ1v) is 7.99. The molecule has 1 heterocycles. The number of hydrogen-bond acceptors (Lipinski definition) is 4. The first kappa shape index (κ1) is 16.2. The number of methoxy groups -OCH3 is 1. The number of aromatic nitrogens is 1. The second-order valence-corrected chi connectivity index (χ2v) is 5.93. The molecule has 5 nitrogen and oxygen atoms in total. The van der Waals surface area contributed by atoms with Crippen molar-refractivity contribution in [2.75, 3.05) is 7.11 Å². The minimum Gasteiger partial charge on any atom is -0.469 e. The van der Waals surface area contributed by atoms with Gasteiger partial charge in [0.05, 0.1) is 20.1 Å². The second-order valence-electron chi connectivity index (χ2n) is 5.93. The van der Waals surface area contributed by atoms with Crippen molar-refractivity contribution in [1.82, 2.24) is 4.57 Å². The standard InChI is InChI=1S/C19H19NO4/c1-24-18(23)11-14-10-17(22)20(12-13-6-3-2-4-7-13)15-8-5-9-16(21)19(14)15/h2-4,6-7,10H,5,8-9,11-12H2,1H3. The van der Waals surface area contributed by atoms with Crippen LogP contribution in [0, 0.1) is 0 Å². The third kappa shape index (κ3) is 3.15. The van der Waals surface area contributed by atoms with Crippen LogP contribution in [0.2, 0.25) is 0 Å². The fraction of sp³-hybridized carbons (Fsp3) is 0.316. The minimum atomic E-state index is -0.448. The van der Waals surface area contributed by atoms with Crippen LogP contribution in [0.4, 0.5) is 0 Å². The van der Waals surface area contributed by atoms with Crippen LogP contribution >= 0.6 is 0 Å². The van der Waals surface area contributed by atoms with E-state index in [-0.39, 0.29) is 17.8 Å². The molecule has 0 atom stereocenters. The molecule has 0 saturated heterocycles. The number of ether oxygens (including phenoxy) is 1. The Kier molecular flexibility index (Phi) is 4.60. The highest BCUT2D eigenvalue weighted by Gasteiger charge is 2.26. The molecule has 3 rings (SSSR count). The molecular weight excluding hydrogens is 306 g/mol. The maximum atomic E-state index is 12.6. The van der Waals surface area contributed by atoms with E-state index in [0.29, 0.717) is 30.5 Å². The highest BCUT2D eigenvalue weighted by atomic mass is 16.5. The summed E-state index contributed by atoms with van der Waals surface area (Å²) in [7, 11) is 1.30. The summed E-state index contributed by atoms with van der Waals surface area (Å²) >= 11 is 0. The molecule has 0 bridgehead atoms. The molecular formula is C19H19NO4. The van der Waals surface area contributed by atoms with E-state index in [1.54, 1.807) is 4.57 Å². The summed E-state index contributed by atoms with van der Waals surface area (Å²) in [5, 5.41) is 0. The molecule has 0 spiro atoms. The van der Waals surface area contributed by atoms with Crippen molar-refractivity contribution in [1.29, 1.82) is 0 Å². The number of pyridine rings is 1. The van der Waals surface area contributed by atoms with Crippen LogP contribution in [0.1, 0.15) is 40.0 Å². The maximum Gasteiger partial charge on any atom is 0.310 e. The van der Waals surface area contributed by atoms with Gasteiger partial charge in [-0.05, 0) is 24.0 Å². The minimum absolute atomic E-state index is 0.00281. The van der Waals surface area contributed by atoms with E-state index in [9.17, 15) is 14.4 Å². The molecule has 124 valence electrons. The van der Waals surface area contributed by atoms with Crippen LogP contribution < -0.4 is 5.56 Å². The van der Waals surface area contributed by atoms with Crippen LogP contribution in [0.3, 0.4) is 0 Å². The van der Waals surface area contributed by atoms with Gasteiger partial charge in [-0.2, -0.15) is 0 Å². The van der Waals surface area contributed by atoms with E-state index in [2.05, 4.69) is 4.74 Å². The molecule has 24 heavy (non-hydrogen) atoms. The van der Waals surface area contributed by atoms with Gasteiger partial charge in [0.2, 0.25) is 0 Å². The molecule has 0 N–H and O–H groups in total. The van der Waals surface area contributed by atoms with Crippen molar-refractivity contribution in [2.45, 2.75) is 32.2 Å². The van der Waals surface area contributed by atoms with Gasteiger partial charge in [-0.25, -0.2) is 0 Å². The molecule has 0 radical (unpaired) electrons. The zero-order valence-corrected chi connectivity index (χ0v) is 13.6. The van der Waals surface area contributed by atoms with Gasteiger partial charge in [-0.3, -0.25) is 14.4 Å². The molecule has 0 saturated carbocycles. The molecule has 1 aliphatic rings. The third-order valence-electron chi connectivity index (χ3n) is 4.34. The van der Waals surface area contributed by atoms with E-state index in [4.69, 9.17) is 0 Å². The van der Waals surface area contributed by atoms with Gasteiger partial charge >= 0.3 is 5.97 Å². The number of ketones is 1. The van der Waals surface area contributed by atoms with Gasteiger partial charge in [0.15, 0.2) is 5.78 Å². The lowest BCUT2D eigenvalue weighted by molar-refractivity contribution is -0.139. The van der Waals surface area contributed by atoms with Gasteiger partial charge in [0, 0.05) is 23.7 Å². The van der Waals surface area contributed by atoms with Crippen molar-refractivity contribution in [2.24, 2.45) is 0 Å². The topological polar surface area (TPSA) is 65.4 Å². The monoisotopic (exact) mass is 325 g/mol. The first-order chi connectivity index (χ1) is 11.6. The Hall–Kier alpha value is -2.69. The lowest BCUT2D eigenvalue weighted by atomic mass is 9.89. The van der Waals surface area contributed by atoms with E-state index >= 15 is 0 Å². The number of nitrogens with zero attached hydrogens (tertiary/aromatic N) is 1. The Morgan fingerprint density at radius 2 is 1.92 bits per heavy atom. The van der Waals surface area contributed by atoms with Crippen molar-refractivity contribution in [3.8, 4) is 0 Å². The molecule has 1 aliphatic carbocycles. The fourth-order valence-corrected chi connectivity index (χ4v) is 3.20. The highest BCUT2D eigenvalue weighted by Crippen LogP contribution is 2.24. The average Bonchev–Trinajstić information content (AvgIpc) is 2.59. The second kappa shape index (κ2) is 6.83. The van der Waals surface area contributed by atoms with Gasteiger partial charge < -0.3 is 9.30 Å². The van der Waals surface area contributed by atoms with E-state index < -0.39 is 5.97 Å². The Morgan fingerprint density at radius 1 is 1.17 bits per heavy atom. The van der Waals surface area contributed by atoms with E-state index in [1.165, 1.54) is 13.2 Å². The number of Topliss-reactive ketones (excluding diaryl/α,β-unsaturated/α-hetero) is 1. The van der Waals surface area contributed by atoms with Crippen LogP contribution in [-0.2, 0) is 28.9 Å². The number of carbonyl (C=O) groups excluding carboxylic acids is 2. The average molecular weight is 325 g/mol. The third-order valence-corrected chi connectivity index (χ3v) is 4.34. The van der Waals surface area contributed by atoms with Crippen molar-refractivity contribution >= 4 is 11.8 Å². The van der Waals surface area contributed by atoms with Crippen LogP contribution in [0.5, 0.6) is 0 Å². The molecule has 1 aromatic carbocycles.